The number of aromatic amines is 1. The maximum atomic E-state index is 15.0. The van der Waals surface area contributed by atoms with E-state index in [-0.39, 0.29) is 41.3 Å². The van der Waals surface area contributed by atoms with Gasteiger partial charge >= 0.3 is 0 Å². The number of rotatable bonds is 7. The lowest BCUT2D eigenvalue weighted by Gasteiger charge is -2.26. The molecule has 0 spiro atoms. The van der Waals surface area contributed by atoms with Crippen molar-refractivity contribution in [1.29, 1.82) is 0 Å². The van der Waals surface area contributed by atoms with Crippen molar-refractivity contribution >= 4 is 22.8 Å². The molecular weight excluding hydrogens is 508 g/mol. The van der Waals surface area contributed by atoms with Crippen LogP contribution in [0.5, 0.6) is 11.5 Å². The van der Waals surface area contributed by atoms with E-state index < -0.39 is 48.0 Å². The number of amides is 1. The first-order valence-electron chi connectivity index (χ1n) is 11.3. The standard InChI is InChI=1S/C26H20F4N4O4/c27-16-7-14(6-15(8-16)24(31)36)17-9-33-25-22(17)20(1-2-32-25)38-23-18(28)3-13(4-19(23)29)5-21-34-10-26(30,11-35)12-37-21/h1-4,6-9,35H,5,10-12H2,(H2,31,36)(H,32,33). The fourth-order valence-electron chi connectivity index (χ4n) is 4.06. The first kappa shape index (κ1) is 25.2. The van der Waals surface area contributed by atoms with Gasteiger partial charge in [-0.15, -0.1) is 0 Å². The van der Waals surface area contributed by atoms with E-state index in [0.717, 1.165) is 18.2 Å². The van der Waals surface area contributed by atoms with Crippen molar-refractivity contribution in [1.82, 2.24) is 9.97 Å². The summed E-state index contributed by atoms with van der Waals surface area (Å²) in [4.78, 5) is 22.6. The van der Waals surface area contributed by atoms with Crippen LogP contribution in [0.2, 0.25) is 0 Å². The Morgan fingerprint density at radius 3 is 2.61 bits per heavy atom. The molecule has 0 bridgehead atoms. The fraction of sp³-hybridized carbons (Fsp3) is 0.192. The van der Waals surface area contributed by atoms with E-state index in [2.05, 4.69) is 15.0 Å². The third kappa shape index (κ3) is 4.90. The molecule has 0 fully saturated rings. The summed E-state index contributed by atoms with van der Waals surface area (Å²) in [5, 5.41) is 9.34. The van der Waals surface area contributed by atoms with Crippen molar-refractivity contribution in [3.8, 4) is 22.6 Å². The predicted octanol–water partition coefficient (Wildman–Crippen LogP) is 4.21. The number of nitrogens with zero attached hydrogens (tertiary/aromatic N) is 2. The molecule has 0 aliphatic carbocycles. The van der Waals surface area contributed by atoms with Crippen LogP contribution >= 0.6 is 0 Å². The van der Waals surface area contributed by atoms with Gasteiger partial charge in [-0.3, -0.25) is 9.79 Å². The number of H-pyrrole nitrogens is 1. The zero-order chi connectivity index (χ0) is 27.0. The van der Waals surface area contributed by atoms with Gasteiger partial charge in [-0.2, -0.15) is 0 Å². The van der Waals surface area contributed by atoms with Gasteiger partial charge < -0.3 is 25.3 Å². The van der Waals surface area contributed by atoms with E-state index in [9.17, 15) is 13.6 Å². The summed E-state index contributed by atoms with van der Waals surface area (Å²) >= 11 is 0. The summed E-state index contributed by atoms with van der Waals surface area (Å²) in [6.07, 6.45) is 2.75. The number of fused-ring (bicyclic) bond motifs is 1. The van der Waals surface area contributed by atoms with Gasteiger partial charge in [0.15, 0.2) is 29.0 Å². The van der Waals surface area contributed by atoms with Crippen molar-refractivity contribution in [2.75, 3.05) is 19.8 Å². The number of halogens is 4. The summed E-state index contributed by atoms with van der Waals surface area (Å²) in [6, 6.07) is 7.00. The zero-order valence-electron chi connectivity index (χ0n) is 19.6. The molecule has 1 aliphatic rings. The largest absolute Gasteiger partial charge is 0.477 e. The second kappa shape index (κ2) is 9.78. The highest BCUT2D eigenvalue weighted by Crippen LogP contribution is 2.38. The number of ether oxygens (including phenoxy) is 2. The second-order valence-corrected chi connectivity index (χ2v) is 8.80. The summed E-state index contributed by atoms with van der Waals surface area (Å²) in [7, 11) is 0. The zero-order valence-corrected chi connectivity index (χ0v) is 19.6. The summed E-state index contributed by atoms with van der Waals surface area (Å²) in [5.41, 5.74) is 4.34. The van der Waals surface area contributed by atoms with Gasteiger partial charge in [0.25, 0.3) is 0 Å². The van der Waals surface area contributed by atoms with Gasteiger partial charge in [0.2, 0.25) is 5.91 Å². The fourth-order valence-corrected chi connectivity index (χ4v) is 4.06. The Hall–Kier alpha value is -4.45. The van der Waals surface area contributed by atoms with Crippen molar-refractivity contribution < 1.29 is 36.9 Å². The minimum absolute atomic E-state index is 0.0185. The second-order valence-electron chi connectivity index (χ2n) is 8.80. The van der Waals surface area contributed by atoms with E-state index in [0.29, 0.717) is 16.6 Å². The monoisotopic (exact) mass is 528 g/mol. The highest BCUT2D eigenvalue weighted by molar-refractivity contribution is 6.00. The third-order valence-electron chi connectivity index (χ3n) is 5.97. The predicted molar refractivity (Wildman–Crippen MR) is 129 cm³/mol. The molecule has 3 heterocycles. The molecule has 2 aromatic carbocycles. The smallest absolute Gasteiger partial charge is 0.248 e. The number of carbonyl (C=O) groups excluding carboxylic acids is 1. The van der Waals surface area contributed by atoms with Crippen LogP contribution in [0.3, 0.4) is 0 Å². The Morgan fingerprint density at radius 2 is 1.95 bits per heavy atom. The average molecular weight is 528 g/mol. The Labute approximate surface area is 212 Å². The number of aliphatic hydroxyl groups excluding tert-OH is 1. The van der Waals surface area contributed by atoms with Crippen molar-refractivity contribution in [3.63, 3.8) is 0 Å². The molecule has 4 N–H and O–H groups in total. The number of nitrogens with one attached hydrogen (secondary N) is 1. The van der Waals surface area contributed by atoms with Crippen LogP contribution in [0, 0.1) is 17.5 Å². The summed E-state index contributed by atoms with van der Waals surface area (Å²) < 4.78 is 69.1. The minimum Gasteiger partial charge on any atom is -0.477 e. The maximum Gasteiger partial charge on any atom is 0.248 e. The van der Waals surface area contributed by atoms with Gasteiger partial charge in [0, 0.05) is 29.9 Å². The molecule has 4 aromatic rings. The van der Waals surface area contributed by atoms with E-state index in [1.54, 1.807) is 0 Å². The lowest BCUT2D eigenvalue weighted by Crippen LogP contribution is -2.42. The van der Waals surface area contributed by atoms with E-state index >= 15 is 8.78 Å². The highest BCUT2D eigenvalue weighted by Gasteiger charge is 2.34. The molecule has 2 aromatic heterocycles. The molecule has 1 unspecified atom stereocenters. The average Bonchev–Trinajstić information content (AvgIpc) is 3.32. The SMILES string of the molecule is NC(=O)c1cc(F)cc(-c2c[nH]c3nccc(Oc4c(F)cc(CC5=NCC(F)(CO)CO5)cc4F)c23)c1. The van der Waals surface area contributed by atoms with Crippen LogP contribution in [-0.2, 0) is 11.2 Å². The van der Waals surface area contributed by atoms with Gasteiger partial charge in [0.05, 0.1) is 18.5 Å². The molecule has 0 saturated carbocycles. The number of hydrogen-bond donors (Lipinski definition) is 3. The number of aliphatic imine (C=N–C) groups is 1. The lowest BCUT2D eigenvalue weighted by atomic mass is 10.0. The number of aromatic nitrogens is 2. The molecule has 196 valence electrons. The first-order chi connectivity index (χ1) is 18.2. The molecule has 8 nitrogen and oxygen atoms in total. The van der Waals surface area contributed by atoms with E-state index in [1.165, 1.54) is 30.6 Å². The number of carbonyl (C=O) groups is 1. The van der Waals surface area contributed by atoms with Gasteiger partial charge in [0.1, 0.15) is 23.8 Å². The van der Waals surface area contributed by atoms with E-state index in [4.69, 9.17) is 20.3 Å². The van der Waals surface area contributed by atoms with Crippen molar-refractivity contribution in [2.45, 2.75) is 12.1 Å². The van der Waals surface area contributed by atoms with Gasteiger partial charge in [-0.1, -0.05) is 0 Å². The quantitative estimate of drug-likeness (QED) is 0.310. The van der Waals surface area contributed by atoms with Gasteiger partial charge in [-0.05, 0) is 47.5 Å². The van der Waals surface area contributed by atoms with E-state index in [1.807, 2.05) is 0 Å². The number of benzene rings is 2. The lowest BCUT2D eigenvalue weighted by molar-refractivity contribution is 0.0171. The molecule has 1 aliphatic heterocycles. The molecule has 1 amide bonds. The highest BCUT2D eigenvalue weighted by atomic mass is 19.1. The Kier molecular flexibility index (Phi) is 6.49. The molecular formula is C26H20F4N4O4. The van der Waals surface area contributed by atoms with Crippen molar-refractivity contribution in [2.24, 2.45) is 10.7 Å². The maximum absolute atomic E-state index is 15.0. The van der Waals surface area contributed by atoms with Crippen LogP contribution in [-0.4, -0.2) is 52.3 Å². The summed E-state index contributed by atoms with van der Waals surface area (Å²) in [6.45, 7) is -1.50. The molecule has 1 atom stereocenters. The number of aliphatic hydroxyl groups is 1. The normalized spacial score (nSPS) is 17.2. The Bertz CT molecular complexity index is 1570. The van der Waals surface area contributed by atoms with Crippen LogP contribution in [0.1, 0.15) is 15.9 Å². The first-order valence-corrected chi connectivity index (χ1v) is 11.3. The minimum atomic E-state index is -1.99. The number of primary amides is 1. The van der Waals surface area contributed by atoms with Crippen LogP contribution in [0.25, 0.3) is 22.2 Å². The molecule has 5 rings (SSSR count). The Balaban J connectivity index is 1.47. The number of alkyl halides is 1. The third-order valence-corrected chi connectivity index (χ3v) is 5.97. The van der Waals surface area contributed by atoms with Crippen LogP contribution in [0.15, 0.2) is 53.8 Å². The Morgan fingerprint density at radius 1 is 1.18 bits per heavy atom. The van der Waals surface area contributed by atoms with Crippen LogP contribution in [0.4, 0.5) is 17.6 Å². The number of hydrogen-bond acceptors (Lipinski definition) is 6. The van der Waals surface area contributed by atoms with Crippen LogP contribution < -0.4 is 10.5 Å². The summed E-state index contributed by atoms with van der Waals surface area (Å²) in [5.74, 6) is -4.16. The van der Waals surface area contributed by atoms with Crippen molar-refractivity contribution in [3.05, 3.63) is 77.4 Å². The molecule has 0 radical (unpaired) electrons. The number of pyridine rings is 1. The molecule has 12 heteroatoms. The number of nitrogens with two attached hydrogens (primary N) is 1. The van der Waals surface area contributed by atoms with Gasteiger partial charge in [-0.25, -0.2) is 22.5 Å². The molecule has 38 heavy (non-hydrogen) atoms. The topological polar surface area (TPSA) is 123 Å². The molecule has 0 saturated heterocycles.